The molecule has 2 rings (SSSR count). The van der Waals surface area contributed by atoms with Crippen molar-refractivity contribution in [2.24, 2.45) is 0 Å². The molecule has 1 heterocycles. The number of halogens is 2. The molecule has 0 atom stereocenters. The normalized spacial score (nSPS) is 17.2. The van der Waals surface area contributed by atoms with Crippen LogP contribution in [0.2, 0.25) is 0 Å². The zero-order chi connectivity index (χ0) is 14.8. The van der Waals surface area contributed by atoms with E-state index in [9.17, 15) is 13.2 Å². The Bertz CT molecular complexity index is 598. The van der Waals surface area contributed by atoms with Gasteiger partial charge in [0.1, 0.15) is 0 Å². The van der Waals surface area contributed by atoms with Gasteiger partial charge in [0.15, 0.2) is 0 Å². The van der Waals surface area contributed by atoms with Crippen LogP contribution in [0.25, 0.3) is 0 Å². The van der Waals surface area contributed by atoms with Crippen molar-refractivity contribution in [2.45, 2.75) is 4.90 Å². The van der Waals surface area contributed by atoms with Crippen LogP contribution in [-0.4, -0.2) is 55.0 Å². The molecular formula is C12H14Br2N2O3S. The van der Waals surface area contributed by atoms with Gasteiger partial charge in [-0.25, -0.2) is 8.42 Å². The average Bonchev–Trinajstić information content (AvgIpc) is 2.46. The van der Waals surface area contributed by atoms with Gasteiger partial charge in [0, 0.05) is 30.7 Å². The van der Waals surface area contributed by atoms with Crippen LogP contribution in [0, 0.1) is 0 Å². The van der Waals surface area contributed by atoms with Gasteiger partial charge < -0.3 is 4.90 Å². The number of carbonyl (C=O) groups excluding carboxylic acids is 1. The van der Waals surface area contributed by atoms with Crippen LogP contribution < -0.4 is 0 Å². The monoisotopic (exact) mass is 424 g/mol. The van der Waals surface area contributed by atoms with Crippen molar-refractivity contribution in [3.8, 4) is 0 Å². The second kappa shape index (κ2) is 6.55. The highest BCUT2D eigenvalue weighted by molar-refractivity contribution is 9.10. The van der Waals surface area contributed by atoms with E-state index in [1.807, 2.05) is 0 Å². The highest BCUT2D eigenvalue weighted by Gasteiger charge is 2.29. The Balaban J connectivity index is 2.11. The maximum Gasteiger partial charge on any atom is 0.243 e. The molecule has 0 aromatic heterocycles. The first-order chi connectivity index (χ1) is 9.45. The molecule has 1 aromatic carbocycles. The summed E-state index contributed by atoms with van der Waals surface area (Å²) in [4.78, 5) is 13.5. The number of sulfonamides is 1. The first-order valence-electron chi connectivity index (χ1n) is 6.04. The van der Waals surface area contributed by atoms with Gasteiger partial charge in [0.2, 0.25) is 15.9 Å². The molecule has 0 bridgehead atoms. The molecule has 0 unspecified atom stereocenters. The fraction of sp³-hybridized carbons (Fsp3) is 0.417. The van der Waals surface area contributed by atoms with Crippen molar-refractivity contribution in [1.82, 2.24) is 9.21 Å². The van der Waals surface area contributed by atoms with Crippen molar-refractivity contribution in [2.75, 3.05) is 31.5 Å². The number of carbonyl (C=O) groups is 1. The fourth-order valence-corrected chi connectivity index (χ4v) is 4.41. The molecule has 0 N–H and O–H groups in total. The molecule has 0 saturated carbocycles. The van der Waals surface area contributed by atoms with E-state index in [-0.39, 0.29) is 16.1 Å². The predicted molar refractivity (Wildman–Crippen MR) is 83.3 cm³/mol. The fourth-order valence-electron chi connectivity index (χ4n) is 2.04. The Morgan fingerprint density at radius 2 is 1.85 bits per heavy atom. The maximum atomic E-state index is 12.5. The summed E-state index contributed by atoms with van der Waals surface area (Å²) < 4.78 is 27.1. The number of rotatable bonds is 3. The van der Waals surface area contributed by atoms with Crippen molar-refractivity contribution in [1.29, 1.82) is 0 Å². The minimum absolute atomic E-state index is 0.00972. The van der Waals surface area contributed by atoms with E-state index >= 15 is 0 Å². The highest BCUT2D eigenvalue weighted by atomic mass is 79.9. The molecule has 110 valence electrons. The molecule has 1 fully saturated rings. The Morgan fingerprint density at radius 1 is 1.20 bits per heavy atom. The lowest BCUT2D eigenvalue weighted by Gasteiger charge is -2.33. The Kier molecular flexibility index (Phi) is 5.22. The summed E-state index contributed by atoms with van der Waals surface area (Å²) in [5.74, 6) is -0.00972. The molecule has 1 aliphatic heterocycles. The Morgan fingerprint density at radius 3 is 2.40 bits per heavy atom. The van der Waals surface area contributed by atoms with Crippen LogP contribution in [-0.2, 0) is 14.8 Å². The van der Waals surface area contributed by atoms with Gasteiger partial charge in [0.05, 0.1) is 10.2 Å². The minimum Gasteiger partial charge on any atom is -0.339 e. The summed E-state index contributed by atoms with van der Waals surface area (Å²) >= 11 is 6.40. The lowest BCUT2D eigenvalue weighted by atomic mass is 10.3. The van der Waals surface area contributed by atoms with Crippen LogP contribution >= 0.6 is 31.9 Å². The third-order valence-corrected chi connectivity index (χ3v) is 6.01. The lowest BCUT2D eigenvalue weighted by molar-refractivity contribution is -0.129. The van der Waals surface area contributed by atoms with Crippen LogP contribution in [0.15, 0.2) is 33.6 Å². The van der Waals surface area contributed by atoms with Crippen molar-refractivity contribution < 1.29 is 13.2 Å². The van der Waals surface area contributed by atoms with Crippen LogP contribution in [0.3, 0.4) is 0 Å². The van der Waals surface area contributed by atoms with E-state index in [0.29, 0.717) is 26.2 Å². The summed E-state index contributed by atoms with van der Waals surface area (Å²) in [6.07, 6.45) is 0. The zero-order valence-electron chi connectivity index (χ0n) is 10.6. The van der Waals surface area contributed by atoms with E-state index in [1.54, 1.807) is 29.2 Å². The minimum atomic E-state index is -3.49. The number of hydrogen-bond acceptors (Lipinski definition) is 3. The smallest absolute Gasteiger partial charge is 0.243 e. The zero-order valence-corrected chi connectivity index (χ0v) is 14.6. The number of benzene rings is 1. The predicted octanol–water partition coefficient (Wildman–Crippen LogP) is 1.68. The quantitative estimate of drug-likeness (QED) is 0.692. The van der Waals surface area contributed by atoms with Gasteiger partial charge >= 0.3 is 0 Å². The van der Waals surface area contributed by atoms with Crippen molar-refractivity contribution in [3.63, 3.8) is 0 Å². The number of piperazine rings is 1. The topological polar surface area (TPSA) is 57.7 Å². The summed E-state index contributed by atoms with van der Waals surface area (Å²) in [5.41, 5.74) is 0. The molecule has 5 nitrogen and oxygen atoms in total. The summed E-state index contributed by atoms with van der Waals surface area (Å²) in [6, 6.07) is 6.65. The third kappa shape index (κ3) is 3.41. The van der Waals surface area contributed by atoms with E-state index < -0.39 is 10.0 Å². The van der Waals surface area contributed by atoms with E-state index in [4.69, 9.17) is 0 Å². The second-order valence-electron chi connectivity index (χ2n) is 4.38. The van der Waals surface area contributed by atoms with Gasteiger partial charge in [-0.1, -0.05) is 37.9 Å². The third-order valence-electron chi connectivity index (χ3n) is 3.14. The van der Waals surface area contributed by atoms with Crippen molar-refractivity contribution in [3.05, 3.63) is 28.7 Å². The molecular weight excluding hydrogens is 412 g/mol. The van der Waals surface area contributed by atoms with E-state index in [0.717, 1.165) is 4.47 Å². The average molecular weight is 426 g/mol. The molecule has 0 spiro atoms. The Labute approximate surface area is 135 Å². The number of hydrogen-bond donors (Lipinski definition) is 0. The first-order valence-corrected chi connectivity index (χ1v) is 9.40. The second-order valence-corrected chi connectivity index (χ2v) is 7.79. The van der Waals surface area contributed by atoms with Gasteiger partial charge in [-0.15, -0.1) is 0 Å². The molecule has 1 amide bonds. The molecule has 8 heteroatoms. The molecule has 0 radical (unpaired) electrons. The summed E-state index contributed by atoms with van der Waals surface area (Å²) in [6.45, 7) is 1.51. The molecule has 1 aromatic rings. The van der Waals surface area contributed by atoms with E-state index in [2.05, 4.69) is 31.9 Å². The number of nitrogens with zero attached hydrogens (tertiary/aromatic N) is 2. The van der Waals surface area contributed by atoms with Crippen molar-refractivity contribution >= 4 is 47.8 Å². The van der Waals surface area contributed by atoms with E-state index in [1.165, 1.54) is 4.31 Å². The number of alkyl halides is 1. The molecule has 1 saturated heterocycles. The van der Waals surface area contributed by atoms with Crippen LogP contribution in [0.5, 0.6) is 0 Å². The first kappa shape index (κ1) is 15.9. The van der Waals surface area contributed by atoms with Gasteiger partial charge in [-0.2, -0.15) is 4.31 Å². The van der Waals surface area contributed by atoms with Gasteiger partial charge in [-0.05, 0) is 18.2 Å². The number of amides is 1. The van der Waals surface area contributed by atoms with Gasteiger partial charge in [-0.3, -0.25) is 4.79 Å². The standard InChI is InChI=1S/C12H14Br2N2O3S/c13-9-12(17)15-4-6-16(7-5-15)20(18,19)11-3-1-2-10(14)8-11/h1-3,8H,4-7,9H2. The molecule has 20 heavy (non-hydrogen) atoms. The molecule has 0 aliphatic carbocycles. The van der Waals surface area contributed by atoms with Crippen LogP contribution in [0.1, 0.15) is 0 Å². The van der Waals surface area contributed by atoms with Gasteiger partial charge in [0.25, 0.3) is 0 Å². The SMILES string of the molecule is O=C(CBr)N1CCN(S(=O)(=O)c2cccc(Br)c2)CC1. The highest BCUT2D eigenvalue weighted by Crippen LogP contribution is 2.21. The lowest BCUT2D eigenvalue weighted by Crippen LogP contribution is -2.50. The maximum absolute atomic E-state index is 12.5. The van der Waals surface area contributed by atoms with Crippen LogP contribution in [0.4, 0.5) is 0 Å². The largest absolute Gasteiger partial charge is 0.339 e. The molecule has 1 aliphatic rings. The summed E-state index contributed by atoms with van der Waals surface area (Å²) in [5, 5.41) is 0.269. The summed E-state index contributed by atoms with van der Waals surface area (Å²) in [7, 11) is -3.49. The Hall–Kier alpha value is -0.440.